The number of amides is 1. The van der Waals surface area contributed by atoms with Gasteiger partial charge in [0.05, 0.1) is 5.92 Å². The maximum atomic E-state index is 12.5. The summed E-state index contributed by atoms with van der Waals surface area (Å²) in [5.74, 6) is -4.45. The molecule has 0 unspecified atom stereocenters. The number of benzene rings is 1. The molecule has 0 aromatic heterocycles. The quantitative estimate of drug-likeness (QED) is 0.629. The van der Waals surface area contributed by atoms with E-state index in [1.165, 1.54) is 12.5 Å². The topological polar surface area (TPSA) is 72.0 Å². The maximum absolute atomic E-state index is 12.5. The number of carbonyl (C=O) groups excluding carboxylic acids is 1. The number of rotatable bonds is 1. The summed E-state index contributed by atoms with van der Waals surface area (Å²) in [5, 5.41) is 8.79. The Labute approximate surface area is 110 Å². The lowest BCUT2D eigenvalue weighted by molar-refractivity contribution is -0.253. The normalized spacial score (nSPS) is 21.8. The van der Waals surface area contributed by atoms with Crippen LogP contribution in [0.1, 0.15) is 19.4 Å². The Hall–Kier alpha value is -1.53. The molecule has 108 valence electrons. The molecule has 19 heavy (non-hydrogen) atoms. The summed E-state index contributed by atoms with van der Waals surface area (Å²) in [7, 11) is 0. The second-order valence-corrected chi connectivity index (χ2v) is 4.53. The molecule has 1 saturated heterocycles. The van der Waals surface area contributed by atoms with Crippen LogP contribution in [0.5, 0.6) is 0 Å². The third kappa shape index (κ3) is 4.25. The second kappa shape index (κ2) is 6.58. The van der Waals surface area contributed by atoms with E-state index in [0.717, 1.165) is 0 Å². The van der Waals surface area contributed by atoms with Crippen LogP contribution in [0, 0.1) is 12.8 Å². The minimum atomic E-state index is -3.03. The van der Waals surface area contributed by atoms with Gasteiger partial charge in [0, 0.05) is 6.92 Å². The molecule has 1 heterocycles. The van der Waals surface area contributed by atoms with Crippen LogP contribution >= 0.6 is 0 Å². The lowest BCUT2D eigenvalue weighted by atomic mass is 9.87. The number of aryl methyl sites for hydroxylation is 1. The summed E-state index contributed by atoms with van der Waals surface area (Å²) in [6, 6.07) is 8.91. The smallest absolute Gasteiger partial charge is 0.268 e. The van der Waals surface area contributed by atoms with Gasteiger partial charge in [0.1, 0.15) is 6.04 Å². The number of hydrogen-bond donors (Lipinski definition) is 1. The van der Waals surface area contributed by atoms with Crippen molar-refractivity contribution in [1.82, 2.24) is 5.06 Å². The first kappa shape index (κ1) is 17.5. The molecule has 0 saturated carbocycles. The highest BCUT2D eigenvalue weighted by atomic mass is 19.3. The summed E-state index contributed by atoms with van der Waals surface area (Å²) in [6.45, 7) is 4.14. The molecule has 0 bridgehead atoms. The Morgan fingerprint density at radius 1 is 1.26 bits per heavy atom. The number of hydroxylamine groups is 2. The van der Waals surface area contributed by atoms with Crippen molar-refractivity contribution in [3.8, 4) is 0 Å². The molecular formula is C13H19F2NO3. The number of β-lactam (4-membered cyclic amide) rings is 1. The van der Waals surface area contributed by atoms with Crippen LogP contribution in [0.4, 0.5) is 8.78 Å². The van der Waals surface area contributed by atoms with Crippen LogP contribution < -0.4 is 0 Å². The molecule has 6 heteroatoms. The molecular weight excluding hydrogens is 256 g/mol. The standard InChI is InChI=1S/C7H8.C6H9F2NO2.H2O/c1-7-5-3-2-4-6-7;1-3-4(6(2,7)8)9(11)5(3)10;/h2-6H,1H3;3-4,11H,1-2H3;1H2/t;3-,4+;/m.0./s1. The van der Waals surface area contributed by atoms with Gasteiger partial charge in [-0.15, -0.1) is 0 Å². The van der Waals surface area contributed by atoms with Gasteiger partial charge in [0.15, 0.2) is 0 Å². The average Bonchev–Trinajstić information content (AvgIpc) is 2.29. The molecule has 1 amide bonds. The van der Waals surface area contributed by atoms with Crippen LogP contribution in [-0.4, -0.2) is 33.6 Å². The molecule has 1 aliphatic rings. The van der Waals surface area contributed by atoms with Crippen molar-refractivity contribution in [3.05, 3.63) is 35.9 Å². The van der Waals surface area contributed by atoms with Crippen LogP contribution in [-0.2, 0) is 4.79 Å². The van der Waals surface area contributed by atoms with Crippen molar-refractivity contribution in [2.24, 2.45) is 5.92 Å². The number of alkyl halides is 2. The van der Waals surface area contributed by atoms with E-state index in [1.54, 1.807) is 0 Å². The predicted molar refractivity (Wildman–Crippen MR) is 67.0 cm³/mol. The summed E-state index contributed by atoms with van der Waals surface area (Å²) >= 11 is 0. The molecule has 1 aliphatic heterocycles. The fourth-order valence-electron chi connectivity index (χ4n) is 1.80. The van der Waals surface area contributed by atoms with Crippen molar-refractivity contribution in [2.45, 2.75) is 32.7 Å². The number of halogens is 2. The van der Waals surface area contributed by atoms with Gasteiger partial charge in [0.25, 0.3) is 11.8 Å². The maximum Gasteiger partial charge on any atom is 0.268 e. The Morgan fingerprint density at radius 3 is 1.95 bits per heavy atom. The molecule has 1 fully saturated rings. The Balaban J connectivity index is 0.000000352. The zero-order valence-electron chi connectivity index (χ0n) is 11.1. The highest BCUT2D eigenvalue weighted by Crippen LogP contribution is 2.35. The van der Waals surface area contributed by atoms with Gasteiger partial charge in [-0.05, 0) is 6.92 Å². The van der Waals surface area contributed by atoms with Gasteiger partial charge < -0.3 is 5.48 Å². The monoisotopic (exact) mass is 275 g/mol. The van der Waals surface area contributed by atoms with Gasteiger partial charge in [-0.25, -0.2) is 13.8 Å². The van der Waals surface area contributed by atoms with Crippen LogP contribution in [0.3, 0.4) is 0 Å². The van der Waals surface area contributed by atoms with Crippen molar-refractivity contribution in [2.75, 3.05) is 0 Å². The van der Waals surface area contributed by atoms with Crippen molar-refractivity contribution in [1.29, 1.82) is 0 Å². The van der Waals surface area contributed by atoms with E-state index in [4.69, 9.17) is 5.21 Å². The molecule has 1 aromatic carbocycles. The summed E-state index contributed by atoms with van der Waals surface area (Å²) in [6.07, 6.45) is 0. The van der Waals surface area contributed by atoms with Gasteiger partial charge >= 0.3 is 0 Å². The highest BCUT2D eigenvalue weighted by molar-refractivity contribution is 5.84. The van der Waals surface area contributed by atoms with Gasteiger partial charge in [-0.3, -0.25) is 10.0 Å². The molecule has 2 rings (SSSR count). The van der Waals surface area contributed by atoms with Crippen LogP contribution in [0.15, 0.2) is 30.3 Å². The minimum absolute atomic E-state index is 0. The fourth-order valence-corrected chi connectivity index (χ4v) is 1.80. The Morgan fingerprint density at radius 2 is 1.74 bits per heavy atom. The molecule has 0 radical (unpaired) electrons. The van der Waals surface area contributed by atoms with Crippen molar-refractivity contribution >= 4 is 5.91 Å². The van der Waals surface area contributed by atoms with E-state index in [2.05, 4.69) is 19.1 Å². The third-order valence-corrected chi connectivity index (χ3v) is 2.81. The second-order valence-electron chi connectivity index (χ2n) is 4.53. The number of hydrogen-bond acceptors (Lipinski definition) is 2. The van der Waals surface area contributed by atoms with E-state index < -0.39 is 23.8 Å². The third-order valence-electron chi connectivity index (χ3n) is 2.81. The van der Waals surface area contributed by atoms with Crippen molar-refractivity contribution < 1.29 is 24.3 Å². The summed E-state index contributed by atoms with van der Waals surface area (Å²) in [5.41, 5.74) is 1.32. The minimum Gasteiger partial charge on any atom is -0.412 e. The van der Waals surface area contributed by atoms with Gasteiger partial charge in [-0.2, -0.15) is 0 Å². The van der Waals surface area contributed by atoms with Gasteiger partial charge in [-0.1, -0.05) is 42.8 Å². The number of nitrogens with zero attached hydrogens (tertiary/aromatic N) is 1. The van der Waals surface area contributed by atoms with Crippen molar-refractivity contribution in [3.63, 3.8) is 0 Å². The molecule has 1 aromatic rings. The first-order valence-corrected chi connectivity index (χ1v) is 5.66. The molecule has 0 spiro atoms. The van der Waals surface area contributed by atoms with E-state index in [1.807, 2.05) is 18.2 Å². The SMILES string of the molecule is C[C@@H]1C(=O)N(O)[C@H]1C(C)(F)F.Cc1ccccc1.O. The zero-order chi connectivity index (χ0) is 13.9. The van der Waals surface area contributed by atoms with E-state index in [9.17, 15) is 13.6 Å². The van der Waals surface area contributed by atoms with E-state index in [0.29, 0.717) is 6.92 Å². The zero-order valence-corrected chi connectivity index (χ0v) is 11.1. The number of carbonyl (C=O) groups is 1. The van der Waals surface area contributed by atoms with Crippen LogP contribution in [0.2, 0.25) is 0 Å². The lowest BCUT2D eigenvalue weighted by Gasteiger charge is -2.43. The van der Waals surface area contributed by atoms with Crippen LogP contribution in [0.25, 0.3) is 0 Å². The lowest BCUT2D eigenvalue weighted by Crippen LogP contribution is -2.64. The fraction of sp³-hybridized carbons (Fsp3) is 0.462. The average molecular weight is 275 g/mol. The summed E-state index contributed by atoms with van der Waals surface area (Å²) < 4.78 is 25.0. The van der Waals surface area contributed by atoms with E-state index >= 15 is 0 Å². The molecule has 2 atom stereocenters. The van der Waals surface area contributed by atoms with E-state index in [-0.39, 0.29) is 10.5 Å². The first-order valence-electron chi connectivity index (χ1n) is 5.66. The summed E-state index contributed by atoms with van der Waals surface area (Å²) in [4.78, 5) is 10.6. The Bertz CT molecular complexity index is 394. The largest absolute Gasteiger partial charge is 0.412 e. The van der Waals surface area contributed by atoms with Gasteiger partial charge in [0.2, 0.25) is 0 Å². The Kier molecular flexibility index (Phi) is 6.05. The molecule has 0 aliphatic carbocycles. The highest BCUT2D eigenvalue weighted by Gasteiger charge is 2.55. The molecule has 3 N–H and O–H groups in total. The first-order chi connectivity index (χ1) is 8.25. The predicted octanol–water partition coefficient (Wildman–Crippen LogP) is 2.05. The molecule has 4 nitrogen and oxygen atoms in total.